The van der Waals surface area contributed by atoms with E-state index in [0.717, 1.165) is 11.8 Å². The highest BCUT2D eigenvalue weighted by Crippen LogP contribution is 2.02. The fourth-order valence-electron chi connectivity index (χ4n) is 1.72. The van der Waals surface area contributed by atoms with Gasteiger partial charge in [0.05, 0.1) is 12.2 Å². The maximum atomic E-state index is 13.0. The summed E-state index contributed by atoms with van der Waals surface area (Å²) >= 11 is 0. The third kappa shape index (κ3) is 3.50. The number of benzene rings is 1. The number of aryl methyl sites for hydroxylation is 1. The topological polar surface area (TPSA) is 64.0 Å². The standard InChI is InChI=1S/C14H14FN3O2/c1-10-5-6-13(19)18(17-10)8-7-16-14(20)11-3-2-4-12(15)9-11/h2-6,9H,7-8H2,1H3,(H,16,20). The summed E-state index contributed by atoms with van der Waals surface area (Å²) in [5.41, 5.74) is 0.742. The van der Waals surface area contributed by atoms with E-state index in [1.165, 1.54) is 28.9 Å². The third-order valence-electron chi connectivity index (χ3n) is 2.70. The number of nitrogens with zero attached hydrogens (tertiary/aromatic N) is 2. The molecule has 0 bridgehead atoms. The Morgan fingerprint density at radius 2 is 2.15 bits per heavy atom. The van der Waals surface area contributed by atoms with Crippen molar-refractivity contribution in [2.75, 3.05) is 6.54 Å². The molecule has 1 aromatic heterocycles. The van der Waals surface area contributed by atoms with Crippen LogP contribution in [0.2, 0.25) is 0 Å². The van der Waals surface area contributed by atoms with Crippen LogP contribution in [-0.4, -0.2) is 22.2 Å². The number of carbonyl (C=O) groups excluding carboxylic acids is 1. The van der Waals surface area contributed by atoms with Crippen molar-refractivity contribution >= 4 is 5.91 Å². The molecule has 6 heteroatoms. The Kier molecular flexibility index (Phi) is 4.24. The minimum Gasteiger partial charge on any atom is -0.350 e. The predicted molar refractivity (Wildman–Crippen MR) is 72.0 cm³/mol. The first-order chi connectivity index (χ1) is 9.56. The molecular formula is C14H14FN3O2. The molecule has 1 amide bonds. The third-order valence-corrected chi connectivity index (χ3v) is 2.70. The molecule has 2 aromatic rings. The van der Waals surface area contributed by atoms with Crippen molar-refractivity contribution in [3.05, 3.63) is 63.8 Å². The molecule has 0 radical (unpaired) electrons. The number of carbonyl (C=O) groups is 1. The Morgan fingerprint density at radius 3 is 2.90 bits per heavy atom. The van der Waals surface area contributed by atoms with Crippen molar-refractivity contribution < 1.29 is 9.18 Å². The minimum atomic E-state index is -0.464. The van der Waals surface area contributed by atoms with Crippen LogP contribution in [0.4, 0.5) is 4.39 Å². The van der Waals surface area contributed by atoms with Gasteiger partial charge in [-0.25, -0.2) is 9.07 Å². The van der Waals surface area contributed by atoms with Gasteiger partial charge in [0.2, 0.25) is 0 Å². The molecule has 0 aliphatic carbocycles. The maximum absolute atomic E-state index is 13.0. The summed E-state index contributed by atoms with van der Waals surface area (Å²) in [5.74, 6) is -0.848. The second-order valence-electron chi connectivity index (χ2n) is 4.30. The lowest BCUT2D eigenvalue weighted by molar-refractivity contribution is 0.0951. The van der Waals surface area contributed by atoms with Crippen molar-refractivity contribution in [3.63, 3.8) is 0 Å². The second kappa shape index (κ2) is 6.10. The average molecular weight is 275 g/mol. The Balaban J connectivity index is 1.94. The van der Waals surface area contributed by atoms with E-state index in [2.05, 4.69) is 10.4 Å². The zero-order valence-corrected chi connectivity index (χ0v) is 11.0. The SMILES string of the molecule is Cc1ccc(=O)n(CCNC(=O)c2cccc(F)c2)n1. The number of aromatic nitrogens is 2. The molecule has 0 spiro atoms. The van der Waals surface area contributed by atoms with Gasteiger partial charge in [0.25, 0.3) is 11.5 Å². The van der Waals surface area contributed by atoms with Crippen molar-refractivity contribution in [3.8, 4) is 0 Å². The van der Waals surface area contributed by atoms with Gasteiger partial charge in [-0.3, -0.25) is 9.59 Å². The van der Waals surface area contributed by atoms with Gasteiger partial charge < -0.3 is 5.32 Å². The minimum absolute atomic E-state index is 0.226. The number of amides is 1. The second-order valence-corrected chi connectivity index (χ2v) is 4.30. The van der Waals surface area contributed by atoms with E-state index in [1.807, 2.05) is 0 Å². The van der Waals surface area contributed by atoms with E-state index < -0.39 is 5.82 Å². The molecule has 104 valence electrons. The van der Waals surface area contributed by atoms with Gasteiger partial charge in [-0.05, 0) is 31.2 Å². The van der Waals surface area contributed by atoms with Gasteiger partial charge in [0, 0.05) is 18.2 Å². The molecule has 20 heavy (non-hydrogen) atoms. The van der Waals surface area contributed by atoms with E-state index in [-0.39, 0.29) is 30.1 Å². The maximum Gasteiger partial charge on any atom is 0.266 e. The monoisotopic (exact) mass is 275 g/mol. The summed E-state index contributed by atoms with van der Waals surface area (Å²) in [6, 6.07) is 8.48. The fourth-order valence-corrected chi connectivity index (χ4v) is 1.72. The summed E-state index contributed by atoms with van der Waals surface area (Å²) in [4.78, 5) is 23.3. The van der Waals surface area contributed by atoms with E-state index in [9.17, 15) is 14.0 Å². The molecule has 0 aliphatic rings. The zero-order chi connectivity index (χ0) is 14.5. The van der Waals surface area contributed by atoms with Gasteiger partial charge in [0.1, 0.15) is 5.82 Å². The van der Waals surface area contributed by atoms with Crippen molar-refractivity contribution in [1.29, 1.82) is 0 Å². The smallest absolute Gasteiger partial charge is 0.266 e. The van der Waals surface area contributed by atoms with Crippen LogP contribution in [0, 0.1) is 12.7 Å². The van der Waals surface area contributed by atoms with Gasteiger partial charge in [0.15, 0.2) is 0 Å². The molecule has 1 N–H and O–H groups in total. The number of halogens is 1. The molecular weight excluding hydrogens is 261 g/mol. The Morgan fingerprint density at radius 1 is 1.35 bits per heavy atom. The van der Waals surface area contributed by atoms with Crippen LogP contribution in [-0.2, 0) is 6.54 Å². The Bertz CT molecular complexity index is 682. The van der Waals surface area contributed by atoms with Crippen LogP contribution < -0.4 is 10.9 Å². The Labute approximate surface area is 115 Å². The zero-order valence-electron chi connectivity index (χ0n) is 11.0. The van der Waals surface area contributed by atoms with Crippen LogP contribution >= 0.6 is 0 Å². The van der Waals surface area contributed by atoms with Crippen LogP contribution in [0.1, 0.15) is 16.1 Å². The quantitative estimate of drug-likeness (QED) is 0.909. The average Bonchev–Trinajstić information content (AvgIpc) is 2.42. The van der Waals surface area contributed by atoms with Crippen LogP contribution in [0.25, 0.3) is 0 Å². The van der Waals surface area contributed by atoms with E-state index >= 15 is 0 Å². The van der Waals surface area contributed by atoms with E-state index in [1.54, 1.807) is 13.0 Å². The van der Waals surface area contributed by atoms with Gasteiger partial charge in [-0.15, -0.1) is 0 Å². The fraction of sp³-hybridized carbons (Fsp3) is 0.214. The summed E-state index contributed by atoms with van der Waals surface area (Å²) in [5, 5.41) is 6.67. The van der Waals surface area contributed by atoms with Crippen LogP contribution in [0.3, 0.4) is 0 Å². The summed E-state index contributed by atoms with van der Waals surface area (Å²) in [7, 11) is 0. The van der Waals surface area contributed by atoms with Gasteiger partial charge in [-0.2, -0.15) is 5.10 Å². The molecule has 0 saturated heterocycles. The first kappa shape index (κ1) is 13.9. The predicted octanol–water partition coefficient (Wildman–Crippen LogP) is 1.12. The molecule has 0 aliphatic heterocycles. The lowest BCUT2D eigenvalue weighted by Crippen LogP contribution is -2.32. The van der Waals surface area contributed by atoms with Crippen molar-refractivity contribution in [1.82, 2.24) is 15.1 Å². The highest BCUT2D eigenvalue weighted by Gasteiger charge is 2.06. The number of rotatable bonds is 4. The van der Waals surface area contributed by atoms with Crippen molar-refractivity contribution in [2.45, 2.75) is 13.5 Å². The Hall–Kier alpha value is -2.50. The normalized spacial score (nSPS) is 10.3. The summed E-state index contributed by atoms with van der Waals surface area (Å²) in [6.45, 7) is 2.29. The lowest BCUT2D eigenvalue weighted by Gasteiger charge is -2.07. The van der Waals surface area contributed by atoms with Gasteiger partial charge in [-0.1, -0.05) is 6.07 Å². The largest absolute Gasteiger partial charge is 0.350 e. The van der Waals surface area contributed by atoms with E-state index in [4.69, 9.17) is 0 Å². The van der Waals surface area contributed by atoms with Gasteiger partial charge >= 0.3 is 0 Å². The molecule has 1 heterocycles. The number of hydrogen-bond acceptors (Lipinski definition) is 3. The molecule has 0 saturated carbocycles. The molecule has 0 fully saturated rings. The highest BCUT2D eigenvalue weighted by molar-refractivity contribution is 5.94. The molecule has 1 aromatic carbocycles. The molecule has 5 nitrogen and oxygen atoms in total. The number of hydrogen-bond donors (Lipinski definition) is 1. The first-order valence-corrected chi connectivity index (χ1v) is 6.15. The van der Waals surface area contributed by atoms with E-state index in [0.29, 0.717) is 0 Å². The van der Waals surface area contributed by atoms with Crippen molar-refractivity contribution in [2.24, 2.45) is 0 Å². The lowest BCUT2D eigenvalue weighted by atomic mass is 10.2. The summed E-state index contributed by atoms with van der Waals surface area (Å²) < 4.78 is 14.3. The first-order valence-electron chi connectivity index (χ1n) is 6.15. The number of nitrogens with one attached hydrogen (secondary N) is 1. The van der Waals surface area contributed by atoms with Crippen LogP contribution in [0.5, 0.6) is 0 Å². The molecule has 0 atom stereocenters. The molecule has 0 unspecified atom stereocenters. The van der Waals surface area contributed by atoms with Crippen LogP contribution in [0.15, 0.2) is 41.2 Å². The summed E-state index contributed by atoms with van der Waals surface area (Å²) in [6.07, 6.45) is 0. The molecule has 2 rings (SSSR count). The highest BCUT2D eigenvalue weighted by atomic mass is 19.1.